The Balaban J connectivity index is 1.72. The second kappa shape index (κ2) is 13.9. The first-order chi connectivity index (χ1) is 18.3. The molecule has 3 rings (SSSR count). The van der Waals surface area contributed by atoms with E-state index in [-0.39, 0.29) is 48.7 Å². The predicted octanol–water partition coefficient (Wildman–Crippen LogP) is 3.07. The fourth-order valence-corrected chi connectivity index (χ4v) is 4.82. The molecule has 12 nitrogen and oxygen atoms in total. The van der Waals surface area contributed by atoms with Crippen LogP contribution in [-0.4, -0.2) is 82.6 Å². The van der Waals surface area contributed by atoms with Gasteiger partial charge in [0.1, 0.15) is 0 Å². The van der Waals surface area contributed by atoms with E-state index in [9.17, 15) is 13.2 Å². The lowest BCUT2D eigenvalue weighted by atomic mass is 10.2. The zero-order chi connectivity index (χ0) is 27.5. The van der Waals surface area contributed by atoms with E-state index < -0.39 is 15.9 Å². The Bertz CT molecular complexity index is 1290. The molecule has 0 aliphatic carbocycles. The average molecular weight is 549 g/mol. The molecule has 1 aromatic heterocycles. The number of hydrogen-bond donors (Lipinski definition) is 1. The van der Waals surface area contributed by atoms with Gasteiger partial charge in [-0.2, -0.15) is 4.31 Å². The molecule has 1 N–H and O–H groups in total. The molecule has 3 aromatic rings. The summed E-state index contributed by atoms with van der Waals surface area (Å²) in [5.74, 6) is 0.769. The van der Waals surface area contributed by atoms with Crippen LogP contribution in [0.2, 0.25) is 0 Å². The van der Waals surface area contributed by atoms with Crippen LogP contribution in [-0.2, 0) is 19.5 Å². The molecule has 0 aliphatic rings. The summed E-state index contributed by atoms with van der Waals surface area (Å²) in [6.07, 6.45) is 0. The smallest absolute Gasteiger partial charge is 0.322 e. The van der Waals surface area contributed by atoms with Crippen LogP contribution in [0.1, 0.15) is 24.2 Å². The monoisotopic (exact) mass is 548 g/mol. The summed E-state index contributed by atoms with van der Waals surface area (Å²) >= 11 is 0. The minimum absolute atomic E-state index is 0.0435. The zero-order valence-electron chi connectivity index (χ0n) is 21.8. The second-order valence-corrected chi connectivity index (χ2v) is 9.75. The third kappa shape index (κ3) is 7.28. The van der Waals surface area contributed by atoms with Gasteiger partial charge in [0.05, 0.1) is 31.3 Å². The molecule has 0 radical (unpaired) electrons. The molecule has 1 heterocycles. The van der Waals surface area contributed by atoms with Crippen molar-refractivity contribution < 1.29 is 36.6 Å². The Morgan fingerprint density at radius 2 is 1.55 bits per heavy atom. The van der Waals surface area contributed by atoms with Crippen molar-refractivity contribution >= 4 is 21.9 Å². The van der Waals surface area contributed by atoms with Crippen LogP contribution in [0, 0.1) is 0 Å². The molecule has 13 heteroatoms. The zero-order valence-corrected chi connectivity index (χ0v) is 22.6. The summed E-state index contributed by atoms with van der Waals surface area (Å²) in [6.45, 7) is 5.50. The maximum Gasteiger partial charge on any atom is 0.322 e. The van der Waals surface area contributed by atoms with E-state index in [1.54, 1.807) is 18.2 Å². The topological polar surface area (TPSA) is 142 Å². The van der Waals surface area contributed by atoms with Gasteiger partial charge >= 0.3 is 6.01 Å². The van der Waals surface area contributed by atoms with Crippen LogP contribution in [0.4, 0.5) is 6.01 Å². The summed E-state index contributed by atoms with van der Waals surface area (Å²) < 4.78 is 54.2. The molecule has 0 saturated carbocycles. The van der Waals surface area contributed by atoms with E-state index in [1.807, 2.05) is 13.8 Å². The summed E-state index contributed by atoms with van der Waals surface area (Å²) in [7, 11) is -0.813. The third-order valence-corrected chi connectivity index (χ3v) is 7.19. The lowest BCUT2D eigenvalue weighted by Gasteiger charge is -2.21. The normalized spacial score (nSPS) is 11.5. The number of amides is 1. The molecule has 0 bridgehead atoms. The quantitative estimate of drug-likeness (QED) is 0.301. The summed E-state index contributed by atoms with van der Waals surface area (Å²) in [6, 6.07) is 10.6. The second-order valence-electron chi connectivity index (χ2n) is 7.81. The van der Waals surface area contributed by atoms with Crippen LogP contribution in [0.3, 0.4) is 0 Å². The predicted molar refractivity (Wildman–Crippen MR) is 139 cm³/mol. The highest BCUT2D eigenvalue weighted by Gasteiger charge is 2.24. The number of nitrogens with one attached hydrogen (secondary N) is 1. The van der Waals surface area contributed by atoms with E-state index in [0.29, 0.717) is 30.3 Å². The summed E-state index contributed by atoms with van der Waals surface area (Å²) in [4.78, 5) is 12.8. The maximum absolute atomic E-state index is 13.0. The lowest BCUT2D eigenvalue weighted by molar-refractivity contribution is 0.102. The molecule has 0 atom stereocenters. The lowest BCUT2D eigenvalue weighted by Crippen LogP contribution is -2.36. The highest BCUT2D eigenvalue weighted by molar-refractivity contribution is 7.89. The first kappa shape index (κ1) is 29.0. The molecule has 0 saturated heterocycles. The Morgan fingerprint density at radius 3 is 2.16 bits per heavy atom. The van der Waals surface area contributed by atoms with Crippen molar-refractivity contribution in [3.8, 4) is 23.0 Å². The Labute approximate surface area is 221 Å². The minimum atomic E-state index is -3.81. The fourth-order valence-electron chi connectivity index (χ4n) is 3.41. The van der Waals surface area contributed by atoms with Gasteiger partial charge in [-0.25, -0.2) is 8.42 Å². The van der Waals surface area contributed by atoms with E-state index >= 15 is 0 Å². The van der Waals surface area contributed by atoms with Crippen LogP contribution in [0.15, 0.2) is 51.8 Å². The van der Waals surface area contributed by atoms with Crippen LogP contribution < -0.4 is 14.8 Å². The molecule has 2 aromatic carbocycles. The molecule has 0 fully saturated rings. The van der Waals surface area contributed by atoms with Crippen molar-refractivity contribution in [2.24, 2.45) is 0 Å². The minimum Gasteiger partial charge on any atom is -0.490 e. The molecular formula is C25H32N4O8S. The Hall–Kier alpha value is -3.52. The number of nitrogens with zero attached hydrogens (tertiary/aromatic N) is 3. The number of benzene rings is 2. The van der Waals surface area contributed by atoms with Gasteiger partial charge in [-0.3, -0.25) is 10.1 Å². The Kier molecular flexibility index (Phi) is 10.6. The van der Waals surface area contributed by atoms with Crippen molar-refractivity contribution in [1.29, 1.82) is 0 Å². The van der Waals surface area contributed by atoms with Gasteiger partial charge in [0.2, 0.25) is 15.9 Å². The summed E-state index contributed by atoms with van der Waals surface area (Å²) in [5, 5.41) is 10.4. The van der Waals surface area contributed by atoms with Crippen LogP contribution in [0.25, 0.3) is 11.5 Å². The molecular weight excluding hydrogens is 516 g/mol. The van der Waals surface area contributed by atoms with E-state index in [2.05, 4.69) is 15.5 Å². The first-order valence-corrected chi connectivity index (χ1v) is 13.4. The number of anilines is 1. The van der Waals surface area contributed by atoms with Gasteiger partial charge < -0.3 is 23.4 Å². The standard InChI is InChI=1S/C25H32N4O8S/c1-5-35-21-12-9-19(17-22(21)36-6-2)24-27-28-25(37-24)26-23(30)18-7-10-20(11-8-18)38(31,32)29(13-15-33-3)14-16-34-4/h7-12,17H,5-6,13-16H2,1-4H3,(H,26,28,30). The fraction of sp³-hybridized carbons (Fsp3) is 0.400. The van der Waals surface area contributed by atoms with Gasteiger partial charge in [0.25, 0.3) is 5.91 Å². The number of methoxy groups -OCH3 is 2. The van der Waals surface area contributed by atoms with Crippen molar-refractivity contribution in [1.82, 2.24) is 14.5 Å². The van der Waals surface area contributed by atoms with Crippen molar-refractivity contribution in [2.45, 2.75) is 18.7 Å². The largest absolute Gasteiger partial charge is 0.490 e. The van der Waals surface area contributed by atoms with Crippen molar-refractivity contribution in [2.75, 3.05) is 59.1 Å². The van der Waals surface area contributed by atoms with Crippen molar-refractivity contribution in [3.05, 3.63) is 48.0 Å². The average Bonchev–Trinajstić information content (AvgIpc) is 3.38. The van der Waals surface area contributed by atoms with Gasteiger partial charge in [-0.1, -0.05) is 5.10 Å². The molecule has 38 heavy (non-hydrogen) atoms. The first-order valence-electron chi connectivity index (χ1n) is 12.0. The number of hydrogen-bond acceptors (Lipinski definition) is 10. The van der Waals surface area contributed by atoms with Crippen LogP contribution >= 0.6 is 0 Å². The number of rotatable bonds is 15. The van der Waals surface area contributed by atoms with E-state index in [0.717, 1.165) is 0 Å². The molecule has 0 spiro atoms. The molecule has 0 aliphatic heterocycles. The van der Waals surface area contributed by atoms with Crippen molar-refractivity contribution in [3.63, 3.8) is 0 Å². The number of aromatic nitrogens is 2. The highest BCUT2D eigenvalue weighted by Crippen LogP contribution is 2.33. The number of ether oxygens (including phenoxy) is 4. The number of carbonyl (C=O) groups is 1. The number of sulfonamides is 1. The van der Waals surface area contributed by atoms with Gasteiger partial charge in [0.15, 0.2) is 11.5 Å². The van der Waals surface area contributed by atoms with Gasteiger partial charge in [0, 0.05) is 38.4 Å². The molecule has 1 amide bonds. The number of carbonyl (C=O) groups excluding carboxylic acids is 1. The van der Waals surface area contributed by atoms with E-state index in [4.69, 9.17) is 23.4 Å². The SMILES string of the molecule is CCOc1ccc(-c2nnc(NC(=O)c3ccc(S(=O)(=O)N(CCOC)CCOC)cc3)o2)cc1OCC. The Morgan fingerprint density at radius 1 is 0.921 bits per heavy atom. The van der Waals surface area contributed by atoms with Gasteiger partial charge in [-0.15, -0.1) is 5.10 Å². The maximum atomic E-state index is 13.0. The third-order valence-electron chi connectivity index (χ3n) is 5.28. The van der Waals surface area contributed by atoms with E-state index in [1.165, 1.54) is 42.8 Å². The summed E-state index contributed by atoms with van der Waals surface area (Å²) in [5.41, 5.74) is 0.801. The van der Waals surface area contributed by atoms with Gasteiger partial charge in [-0.05, 0) is 56.3 Å². The molecule has 0 unspecified atom stereocenters. The van der Waals surface area contributed by atoms with Crippen LogP contribution in [0.5, 0.6) is 11.5 Å². The molecule has 206 valence electrons. The highest BCUT2D eigenvalue weighted by atomic mass is 32.2.